The maximum absolute atomic E-state index is 10.6. The molecular weight excluding hydrogens is 278 g/mol. The summed E-state index contributed by atoms with van der Waals surface area (Å²) in [6, 6.07) is 10.8. The van der Waals surface area contributed by atoms with E-state index in [1.807, 2.05) is 31.2 Å². The highest BCUT2D eigenvalue weighted by Crippen LogP contribution is 2.25. The fourth-order valence-electron chi connectivity index (χ4n) is 2.02. The first kappa shape index (κ1) is 13.8. The van der Waals surface area contributed by atoms with Gasteiger partial charge in [-0.05, 0) is 48.0 Å². The molecule has 0 atom stereocenters. The van der Waals surface area contributed by atoms with Crippen molar-refractivity contribution in [1.82, 2.24) is 15.0 Å². The Kier molecular flexibility index (Phi) is 3.82. The van der Waals surface area contributed by atoms with E-state index in [2.05, 4.69) is 25.4 Å². The van der Waals surface area contributed by atoms with E-state index in [1.165, 1.54) is 0 Å². The summed E-state index contributed by atoms with van der Waals surface area (Å²) in [5.74, 6) is 0.451. The summed E-state index contributed by atoms with van der Waals surface area (Å²) >= 11 is 0. The number of pyridine rings is 1. The summed E-state index contributed by atoms with van der Waals surface area (Å²) in [6.07, 6.45) is 5.13. The second-order valence-electron chi connectivity index (χ2n) is 4.72. The number of aromatic nitrogens is 3. The topological polar surface area (TPSA) is 80.1 Å². The van der Waals surface area contributed by atoms with Crippen LogP contribution in [0, 0.1) is 11.8 Å². The molecular formula is C16H13N5O. The monoisotopic (exact) mass is 291 g/mol. The zero-order valence-electron chi connectivity index (χ0n) is 11.9. The summed E-state index contributed by atoms with van der Waals surface area (Å²) in [5.41, 5.74) is 3.76. The third-order valence-corrected chi connectivity index (χ3v) is 3.19. The number of anilines is 2. The molecule has 6 nitrogen and oxygen atoms in total. The van der Waals surface area contributed by atoms with Gasteiger partial charge in [0.25, 0.3) is 0 Å². The number of nitroso groups, excluding NO2 is 1. The quantitative estimate of drug-likeness (QED) is 0.735. The van der Waals surface area contributed by atoms with Crippen LogP contribution in [0.2, 0.25) is 0 Å². The first-order valence-corrected chi connectivity index (χ1v) is 6.71. The van der Waals surface area contributed by atoms with Crippen molar-refractivity contribution in [2.75, 3.05) is 5.32 Å². The van der Waals surface area contributed by atoms with Gasteiger partial charge in [0.2, 0.25) is 5.95 Å². The third-order valence-electron chi connectivity index (χ3n) is 3.19. The first-order chi connectivity index (χ1) is 10.8. The summed E-state index contributed by atoms with van der Waals surface area (Å²) in [4.78, 5) is 23.4. The maximum Gasteiger partial charge on any atom is 0.227 e. The lowest BCUT2D eigenvalue weighted by molar-refractivity contribution is 1.16. The molecule has 0 aliphatic heterocycles. The van der Waals surface area contributed by atoms with E-state index in [0.29, 0.717) is 11.6 Å². The molecule has 0 fully saturated rings. The zero-order valence-corrected chi connectivity index (χ0v) is 11.9. The van der Waals surface area contributed by atoms with Gasteiger partial charge in [-0.1, -0.05) is 6.07 Å². The standard InChI is InChI=1S/C16H13N5O/c1-11-4-5-13(21-22)9-15(11)20-16-18-8-6-14(19-16)12-3-2-7-17-10-12/h2-10H,1H3,(H,18,19,20). The molecule has 0 unspecified atom stereocenters. The maximum atomic E-state index is 10.6. The van der Waals surface area contributed by atoms with Crippen LogP contribution >= 0.6 is 0 Å². The molecule has 3 rings (SSSR count). The number of nitrogens with one attached hydrogen (secondary N) is 1. The molecule has 1 N–H and O–H groups in total. The largest absolute Gasteiger partial charge is 0.324 e. The van der Waals surface area contributed by atoms with E-state index in [-0.39, 0.29) is 0 Å². The van der Waals surface area contributed by atoms with Gasteiger partial charge in [0.1, 0.15) is 5.69 Å². The van der Waals surface area contributed by atoms with Crippen molar-refractivity contribution < 1.29 is 0 Å². The fraction of sp³-hybridized carbons (Fsp3) is 0.0625. The molecule has 22 heavy (non-hydrogen) atoms. The van der Waals surface area contributed by atoms with E-state index in [4.69, 9.17) is 0 Å². The van der Waals surface area contributed by atoms with Gasteiger partial charge >= 0.3 is 0 Å². The molecule has 0 spiro atoms. The van der Waals surface area contributed by atoms with Gasteiger partial charge < -0.3 is 5.32 Å². The normalized spacial score (nSPS) is 10.2. The van der Waals surface area contributed by atoms with Gasteiger partial charge in [-0.3, -0.25) is 4.98 Å². The van der Waals surface area contributed by atoms with Gasteiger partial charge in [-0.15, -0.1) is 4.91 Å². The summed E-state index contributed by atoms with van der Waals surface area (Å²) in [6.45, 7) is 1.93. The van der Waals surface area contributed by atoms with Crippen LogP contribution in [-0.4, -0.2) is 15.0 Å². The molecule has 2 heterocycles. The zero-order chi connectivity index (χ0) is 15.4. The summed E-state index contributed by atoms with van der Waals surface area (Å²) in [7, 11) is 0. The number of hydrogen-bond acceptors (Lipinski definition) is 6. The highest BCUT2D eigenvalue weighted by Gasteiger charge is 2.05. The van der Waals surface area contributed by atoms with Crippen LogP contribution in [0.25, 0.3) is 11.3 Å². The molecule has 0 aliphatic rings. The number of nitrogens with zero attached hydrogens (tertiary/aromatic N) is 4. The predicted octanol–water partition coefficient (Wildman–Crippen LogP) is 3.99. The van der Waals surface area contributed by atoms with E-state index >= 15 is 0 Å². The van der Waals surface area contributed by atoms with Crippen LogP contribution in [0.5, 0.6) is 0 Å². The molecule has 3 aromatic rings. The molecule has 2 aromatic heterocycles. The number of aryl methyl sites for hydroxylation is 1. The lowest BCUT2D eigenvalue weighted by atomic mass is 10.2. The SMILES string of the molecule is Cc1ccc(N=O)cc1Nc1nccc(-c2cccnc2)n1. The number of rotatable bonds is 4. The Balaban J connectivity index is 1.92. The van der Waals surface area contributed by atoms with Gasteiger partial charge in [-0.25, -0.2) is 9.97 Å². The van der Waals surface area contributed by atoms with Crippen molar-refractivity contribution in [2.24, 2.45) is 5.18 Å². The lowest BCUT2D eigenvalue weighted by Gasteiger charge is -2.09. The molecule has 0 saturated heterocycles. The number of hydrogen-bond donors (Lipinski definition) is 1. The molecule has 0 amide bonds. The second kappa shape index (κ2) is 6.09. The lowest BCUT2D eigenvalue weighted by Crippen LogP contribution is -1.99. The van der Waals surface area contributed by atoms with Crippen LogP contribution in [0.1, 0.15) is 5.56 Å². The van der Waals surface area contributed by atoms with Gasteiger partial charge in [0, 0.05) is 29.8 Å². The van der Waals surface area contributed by atoms with Gasteiger partial charge in [0.05, 0.1) is 5.69 Å². The van der Waals surface area contributed by atoms with Gasteiger partial charge in [-0.2, -0.15) is 0 Å². The smallest absolute Gasteiger partial charge is 0.227 e. The highest BCUT2D eigenvalue weighted by molar-refractivity contribution is 5.65. The highest BCUT2D eigenvalue weighted by atomic mass is 16.3. The Morgan fingerprint density at radius 2 is 2.05 bits per heavy atom. The Morgan fingerprint density at radius 3 is 2.82 bits per heavy atom. The predicted molar refractivity (Wildman–Crippen MR) is 85.2 cm³/mol. The van der Waals surface area contributed by atoms with Crippen molar-refractivity contribution in [1.29, 1.82) is 0 Å². The minimum absolute atomic E-state index is 0.358. The fourth-order valence-corrected chi connectivity index (χ4v) is 2.02. The summed E-state index contributed by atoms with van der Waals surface area (Å²) in [5, 5.41) is 6.06. The molecule has 0 saturated carbocycles. The van der Waals surface area contributed by atoms with Crippen molar-refractivity contribution >= 4 is 17.3 Å². The molecule has 108 valence electrons. The van der Waals surface area contributed by atoms with E-state index < -0.39 is 0 Å². The minimum Gasteiger partial charge on any atom is -0.324 e. The van der Waals surface area contributed by atoms with Gasteiger partial charge in [0.15, 0.2) is 0 Å². The Morgan fingerprint density at radius 1 is 1.14 bits per heavy atom. The van der Waals surface area contributed by atoms with Crippen molar-refractivity contribution in [2.45, 2.75) is 6.92 Å². The molecule has 0 aliphatic carbocycles. The van der Waals surface area contributed by atoms with Crippen LogP contribution in [0.3, 0.4) is 0 Å². The first-order valence-electron chi connectivity index (χ1n) is 6.71. The summed E-state index contributed by atoms with van der Waals surface area (Å²) < 4.78 is 0. The average molecular weight is 291 g/mol. The Bertz CT molecular complexity index is 805. The molecule has 0 bridgehead atoms. The average Bonchev–Trinajstić information content (AvgIpc) is 2.58. The minimum atomic E-state index is 0.358. The molecule has 0 radical (unpaired) electrons. The van der Waals surface area contributed by atoms with Crippen LogP contribution in [0.4, 0.5) is 17.3 Å². The third kappa shape index (κ3) is 2.95. The second-order valence-corrected chi connectivity index (χ2v) is 4.72. The van der Waals surface area contributed by atoms with Crippen LogP contribution < -0.4 is 5.32 Å². The van der Waals surface area contributed by atoms with Crippen molar-refractivity contribution in [3.05, 3.63) is 65.5 Å². The van der Waals surface area contributed by atoms with Crippen molar-refractivity contribution in [3.63, 3.8) is 0 Å². The molecule has 1 aromatic carbocycles. The Hall–Kier alpha value is -3.15. The van der Waals surface area contributed by atoms with E-state index in [0.717, 1.165) is 22.5 Å². The number of benzene rings is 1. The van der Waals surface area contributed by atoms with E-state index in [9.17, 15) is 4.91 Å². The Labute approximate surface area is 127 Å². The van der Waals surface area contributed by atoms with Crippen LogP contribution in [-0.2, 0) is 0 Å². The van der Waals surface area contributed by atoms with Crippen LogP contribution in [0.15, 0.2) is 60.2 Å². The van der Waals surface area contributed by atoms with Crippen molar-refractivity contribution in [3.8, 4) is 11.3 Å². The van der Waals surface area contributed by atoms with E-state index in [1.54, 1.807) is 30.7 Å². The molecule has 6 heteroatoms.